The second kappa shape index (κ2) is 10.5. The third-order valence-electron chi connectivity index (χ3n) is 5.71. The number of phenolic OH excluding ortho intramolecular Hbond substituents is 1. The van der Waals surface area contributed by atoms with E-state index in [1.165, 1.54) is 11.3 Å². The number of carbonyl (C=O) groups is 1. The average molecular weight is 507 g/mol. The van der Waals surface area contributed by atoms with Crippen molar-refractivity contribution in [2.75, 3.05) is 12.9 Å². The summed E-state index contributed by atoms with van der Waals surface area (Å²) in [6.07, 6.45) is 6.01. The number of hydrogen-bond acceptors (Lipinski definition) is 7. The lowest BCUT2D eigenvalue weighted by Crippen LogP contribution is -2.39. The fourth-order valence-corrected chi connectivity index (χ4v) is 5.51. The van der Waals surface area contributed by atoms with Crippen LogP contribution in [0.15, 0.2) is 81.1 Å². The molecule has 8 heteroatoms. The molecule has 0 aliphatic carbocycles. The van der Waals surface area contributed by atoms with E-state index in [0.717, 1.165) is 21.6 Å². The van der Waals surface area contributed by atoms with E-state index >= 15 is 0 Å². The van der Waals surface area contributed by atoms with Crippen molar-refractivity contribution in [1.29, 1.82) is 0 Å². The Bertz CT molecular complexity index is 1500. The number of rotatable bonds is 7. The van der Waals surface area contributed by atoms with E-state index in [2.05, 4.69) is 11.6 Å². The highest BCUT2D eigenvalue weighted by Gasteiger charge is 2.33. The first-order chi connectivity index (χ1) is 16.9. The van der Waals surface area contributed by atoms with Crippen LogP contribution in [0.2, 0.25) is 0 Å². The van der Waals surface area contributed by atoms with Crippen molar-refractivity contribution in [3.05, 3.63) is 103 Å². The molecule has 1 N–H and O–H groups in total. The van der Waals surface area contributed by atoms with Gasteiger partial charge in [-0.3, -0.25) is 9.36 Å². The van der Waals surface area contributed by atoms with Crippen molar-refractivity contribution >= 4 is 35.1 Å². The third kappa shape index (κ3) is 4.90. The van der Waals surface area contributed by atoms with Gasteiger partial charge in [-0.25, -0.2) is 9.79 Å². The van der Waals surface area contributed by atoms with Gasteiger partial charge >= 0.3 is 5.97 Å². The lowest BCUT2D eigenvalue weighted by molar-refractivity contribution is -0.139. The monoisotopic (exact) mass is 506 g/mol. The number of thioether (sulfide) groups is 1. The highest BCUT2D eigenvalue weighted by atomic mass is 32.2. The molecule has 0 amide bonds. The molecular weight excluding hydrogens is 480 g/mol. The van der Waals surface area contributed by atoms with E-state index in [4.69, 9.17) is 4.74 Å². The highest BCUT2D eigenvalue weighted by Crippen LogP contribution is 2.31. The Labute approximate surface area is 211 Å². The first-order valence-corrected chi connectivity index (χ1v) is 13.2. The third-order valence-corrected chi connectivity index (χ3v) is 7.44. The maximum Gasteiger partial charge on any atom is 0.338 e. The first kappa shape index (κ1) is 24.8. The van der Waals surface area contributed by atoms with Gasteiger partial charge in [0.25, 0.3) is 5.56 Å². The van der Waals surface area contributed by atoms with E-state index in [-0.39, 0.29) is 17.9 Å². The predicted octanol–water partition coefficient (Wildman–Crippen LogP) is 3.95. The van der Waals surface area contributed by atoms with Gasteiger partial charge in [-0.1, -0.05) is 35.6 Å². The van der Waals surface area contributed by atoms with Gasteiger partial charge in [-0.2, -0.15) is 0 Å². The van der Waals surface area contributed by atoms with E-state index in [0.29, 0.717) is 27.0 Å². The number of esters is 1. The molecule has 6 nitrogen and oxygen atoms in total. The van der Waals surface area contributed by atoms with E-state index in [1.54, 1.807) is 54.5 Å². The summed E-state index contributed by atoms with van der Waals surface area (Å²) in [5, 5.41) is 10.1. The fourth-order valence-electron chi connectivity index (χ4n) is 4.06. The number of thiazole rings is 1. The number of nitrogens with zero attached hydrogens (tertiary/aromatic N) is 2. The van der Waals surface area contributed by atoms with Crippen molar-refractivity contribution in [3.8, 4) is 5.75 Å². The number of hydrogen-bond donors (Lipinski definition) is 1. The van der Waals surface area contributed by atoms with E-state index < -0.39 is 12.0 Å². The molecule has 1 aliphatic heterocycles. The molecule has 4 rings (SSSR count). The van der Waals surface area contributed by atoms with Gasteiger partial charge in [-0.15, -0.1) is 18.3 Å². The van der Waals surface area contributed by atoms with Crippen LogP contribution in [0.5, 0.6) is 5.75 Å². The number of aromatic hydroxyl groups is 1. The van der Waals surface area contributed by atoms with Crippen LogP contribution in [-0.2, 0) is 16.0 Å². The second-order valence-corrected chi connectivity index (χ2v) is 9.85. The molecule has 0 fully saturated rings. The van der Waals surface area contributed by atoms with Crippen molar-refractivity contribution in [1.82, 2.24) is 4.57 Å². The summed E-state index contributed by atoms with van der Waals surface area (Å²) >= 11 is 2.89. The van der Waals surface area contributed by atoms with Crippen LogP contribution in [0.25, 0.3) is 6.08 Å². The number of aromatic nitrogens is 1. The van der Waals surface area contributed by atoms with Gasteiger partial charge in [0, 0.05) is 4.90 Å². The number of ether oxygens (including phenoxy) is 1. The number of fused-ring (bicyclic) bond motifs is 1. The molecule has 0 spiro atoms. The molecule has 0 saturated heterocycles. The highest BCUT2D eigenvalue weighted by molar-refractivity contribution is 7.98. The first-order valence-electron chi connectivity index (χ1n) is 11.1. The molecule has 0 bridgehead atoms. The topological polar surface area (TPSA) is 80.9 Å². The Morgan fingerprint density at radius 2 is 2.03 bits per heavy atom. The molecule has 0 unspecified atom stereocenters. The standard InChI is InChI=1S/C27H26N2O4S2/c1-5-7-19-14-17(8-13-21(19)30)15-22-25(31)29-24(18-9-11-20(34-4)12-10-18)23(26(32)33-6-2)16(3)28-27(29)35-22/h5,8-15,24,30H,1,6-7H2,2-4H3/b22-15+/t24-/m1/s1. The Kier molecular flexibility index (Phi) is 7.42. The van der Waals surface area contributed by atoms with Crippen LogP contribution < -0.4 is 14.9 Å². The molecule has 0 saturated carbocycles. The van der Waals surface area contributed by atoms with Crippen LogP contribution in [0, 0.1) is 0 Å². The molecule has 3 aromatic rings. The predicted molar refractivity (Wildman–Crippen MR) is 141 cm³/mol. The molecular formula is C27H26N2O4S2. The Morgan fingerprint density at radius 1 is 1.29 bits per heavy atom. The molecule has 1 atom stereocenters. The Hall–Kier alpha value is -3.36. The maximum absolute atomic E-state index is 13.7. The van der Waals surface area contributed by atoms with E-state index in [9.17, 15) is 14.7 Å². The van der Waals surface area contributed by atoms with Crippen molar-refractivity contribution in [2.24, 2.45) is 4.99 Å². The van der Waals surface area contributed by atoms with Gasteiger partial charge in [0.05, 0.1) is 28.5 Å². The quantitative estimate of drug-likeness (QED) is 0.298. The molecule has 1 aromatic heterocycles. The van der Waals surface area contributed by atoms with Crippen LogP contribution in [0.3, 0.4) is 0 Å². The normalized spacial score (nSPS) is 15.5. The largest absolute Gasteiger partial charge is 0.508 e. The van der Waals surface area contributed by atoms with E-state index in [1.807, 2.05) is 36.6 Å². The molecule has 1 aliphatic rings. The summed E-state index contributed by atoms with van der Waals surface area (Å²) in [6, 6.07) is 12.4. The molecule has 2 aromatic carbocycles. The van der Waals surface area contributed by atoms with Crippen LogP contribution >= 0.6 is 23.1 Å². The summed E-state index contributed by atoms with van der Waals surface area (Å²) in [6.45, 7) is 7.48. The lowest BCUT2D eigenvalue weighted by atomic mass is 9.96. The lowest BCUT2D eigenvalue weighted by Gasteiger charge is -2.24. The van der Waals surface area contributed by atoms with Gasteiger partial charge in [0.2, 0.25) is 0 Å². The smallest absolute Gasteiger partial charge is 0.338 e. The van der Waals surface area contributed by atoms with Crippen molar-refractivity contribution < 1.29 is 14.6 Å². The van der Waals surface area contributed by atoms with Crippen LogP contribution in [0.1, 0.15) is 36.6 Å². The molecule has 180 valence electrons. The van der Waals surface area contributed by atoms with Crippen LogP contribution in [0.4, 0.5) is 0 Å². The van der Waals surface area contributed by atoms with Gasteiger partial charge in [0.1, 0.15) is 5.75 Å². The summed E-state index contributed by atoms with van der Waals surface area (Å²) in [5.74, 6) is -0.290. The maximum atomic E-state index is 13.7. The number of benzene rings is 2. The van der Waals surface area contributed by atoms with Gasteiger partial charge in [0.15, 0.2) is 4.80 Å². The average Bonchev–Trinajstić information content (AvgIpc) is 3.15. The molecule has 35 heavy (non-hydrogen) atoms. The Morgan fingerprint density at radius 3 is 2.69 bits per heavy atom. The second-order valence-electron chi connectivity index (χ2n) is 7.96. The van der Waals surface area contributed by atoms with Crippen molar-refractivity contribution in [2.45, 2.75) is 31.2 Å². The summed E-state index contributed by atoms with van der Waals surface area (Å²) < 4.78 is 7.41. The summed E-state index contributed by atoms with van der Waals surface area (Å²) in [4.78, 5) is 32.9. The molecule has 2 heterocycles. The van der Waals surface area contributed by atoms with Crippen LogP contribution in [-0.4, -0.2) is 28.5 Å². The summed E-state index contributed by atoms with van der Waals surface area (Å²) in [5.41, 5.74) is 2.99. The minimum absolute atomic E-state index is 0.187. The SMILES string of the molecule is C=CCc1cc(/C=c2/sc3n(c2=O)[C@H](c2ccc(SC)cc2)C(C(=O)OCC)=C(C)N=3)ccc1O. The fraction of sp³-hybridized carbons (Fsp3) is 0.222. The number of carbonyl (C=O) groups excluding carboxylic acids is 1. The zero-order valence-corrected chi connectivity index (χ0v) is 21.4. The minimum atomic E-state index is -0.639. The zero-order valence-electron chi connectivity index (χ0n) is 19.8. The molecule has 0 radical (unpaired) electrons. The van der Waals surface area contributed by atoms with Crippen molar-refractivity contribution in [3.63, 3.8) is 0 Å². The van der Waals surface area contributed by atoms with Gasteiger partial charge in [-0.05, 0) is 73.6 Å². The summed E-state index contributed by atoms with van der Waals surface area (Å²) in [7, 11) is 0. The zero-order chi connectivity index (χ0) is 25.1. The number of allylic oxidation sites excluding steroid dienone is 2. The van der Waals surface area contributed by atoms with Gasteiger partial charge < -0.3 is 9.84 Å². The minimum Gasteiger partial charge on any atom is -0.508 e. The Balaban J connectivity index is 1.91. The number of phenols is 1.